The Balaban J connectivity index is 1.60. The van der Waals surface area contributed by atoms with Crippen LogP contribution < -0.4 is 10.6 Å². The molecule has 2 fully saturated rings. The van der Waals surface area contributed by atoms with Crippen LogP contribution in [-0.4, -0.2) is 18.1 Å². The van der Waals surface area contributed by atoms with Gasteiger partial charge in [-0.05, 0) is 72.8 Å². The molecule has 2 aromatic carbocycles. The van der Waals surface area contributed by atoms with E-state index in [-0.39, 0.29) is 13.5 Å². The summed E-state index contributed by atoms with van der Waals surface area (Å²) in [5.74, 6) is 1.10. The quantitative estimate of drug-likeness (QED) is 0.300. The van der Waals surface area contributed by atoms with Crippen molar-refractivity contribution in [2.45, 2.75) is 65.4 Å². The molecule has 5 heteroatoms. The van der Waals surface area contributed by atoms with Crippen LogP contribution in [0.5, 0.6) is 0 Å². The molecule has 0 spiro atoms. The van der Waals surface area contributed by atoms with Gasteiger partial charge in [0.25, 0.3) is 0 Å². The summed E-state index contributed by atoms with van der Waals surface area (Å²) in [4.78, 5) is 12.3. The molecule has 3 nitrogen and oxygen atoms in total. The Morgan fingerprint density at radius 3 is 2.32 bits per heavy atom. The van der Waals surface area contributed by atoms with Gasteiger partial charge in [0.05, 0.1) is 1.43 Å². The molecule has 0 bridgehead atoms. The van der Waals surface area contributed by atoms with Crippen molar-refractivity contribution in [1.82, 2.24) is 10.6 Å². The molecule has 28 heavy (non-hydrogen) atoms. The van der Waals surface area contributed by atoms with Crippen molar-refractivity contribution < 1.29 is 4.79 Å². The topological polar surface area (TPSA) is 41.1 Å². The average molecular weight is 602 g/mol. The Morgan fingerprint density at radius 2 is 1.64 bits per heavy atom. The summed E-state index contributed by atoms with van der Waals surface area (Å²) in [6.07, 6.45) is 5.54. The van der Waals surface area contributed by atoms with Crippen LogP contribution in [0.15, 0.2) is 36.4 Å². The largest absolute Gasteiger partial charge is 0.335 e. The maximum atomic E-state index is 12.3. The van der Waals surface area contributed by atoms with Crippen LogP contribution in [0.2, 0.25) is 0 Å². The second-order valence-corrected chi connectivity index (χ2v) is 15.1. The van der Waals surface area contributed by atoms with Crippen molar-refractivity contribution >= 4 is 62.0 Å². The number of carbonyl (C=O) groups is 1. The maximum Gasteiger partial charge on any atom is 0.315 e. The Kier molecular flexibility index (Phi) is 6.12. The molecule has 2 N–H and O–H groups in total. The first-order valence-corrected chi connectivity index (χ1v) is 12.4. The van der Waals surface area contributed by atoms with Gasteiger partial charge in [-0.15, -0.1) is 0 Å². The number of hydrogen-bond acceptors (Lipinski definition) is 1. The van der Waals surface area contributed by atoms with E-state index in [4.69, 9.17) is 0 Å². The second kappa shape index (κ2) is 8.28. The number of alkyl halides is 2. The van der Waals surface area contributed by atoms with Gasteiger partial charge in [-0.1, -0.05) is 88.5 Å². The third-order valence-electron chi connectivity index (χ3n) is 6.06. The third kappa shape index (κ3) is 4.77. The van der Waals surface area contributed by atoms with Gasteiger partial charge in [-0.25, -0.2) is 4.79 Å². The second-order valence-electron chi connectivity index (χ2n) is 8.73. The van der Waals surface area contributed by atoms with Crippen molar-refractivity contribution in [2.75, 3.05) is 0 Å². The van der Waals surface area contributed by atoms with Gasteiger partial charge >= 0.3 is 6.03 Å². The highest BCUT2D eigenvalue weighted by Gasteiger charge is 2.31. The number of urea groups is 1. The minimum absolute atomic E-state index is 0.0196. The number of rotatable bonds is 4. The highest BCUT2D eigenvalue weighted by atomic mass is 127. The van der Waals surface area contributed by atoms with Gasteiger partial charge in [-0.2, -0.15) is 0 Å². The Labute approximate surface area is 195 Å². The summed E-state index contributed by atoms with van der Waals surface area (Å²) in [7, 11) is 0. The summed E-state index contributed by atoms with van der Waals surface area (Å²) in [5, 5.41) is 9.06. The van der Waals surface area contributed by atoms with Gasteiger partial charge in [0, 0.05) is 12.1 Å². The monoisotopic (exact) mass is 602 g/mol. The summed E-state index contributed by atoms with van der Waals surface area (Å²) >= 11 is 5.05. The summed E-state index contributed by atoms with van der Waals surface area (Å²) in [6.45, 7) is 4.58. The van der Waals surface area contributed by atoms with E-state index < -0.39 is 0 Å². The van der Waals surface area contributed by atoms with Crippen LogP contribution >= 0.6 is 45.2 Å². The van der Waals surface area contributed by atoms with E-state index >= 15 is 0 Å². The molecule has 0 aromatic heterocycles. The lowest BCUT2D eigenvalue weighted by molar-refractivity contribution is 0.222. The Hall–Kier alpha value is -0.570. The van der Waals surface area contributed by atoms with Crippen LogP contribution in [0.4, 0.5) is 4.79 Å². The number of hydrogen-bond donors (Lipinski definition) is 2. The molecule has 0 aliphatic heterocycles. The average Bonchev–Trinajstić information content (AvgIpc) is 3.43. The van der Waals surface area contributed by atoms with E-state index in [0.29, 0.717) is 17.9 Å². The van der Waals surface area contributed by atoms with Crippen molar-refractivity contribution in [3.05, 3.63) is 47.5 Å². The Bertz CT molecular complexity index is 873. The van der Waals surface area contributed by atoms with E-state index in [1.807, 2.05) is 0 Å². The first-order valence-electron chi connectivity index (χ1n) is 10.3. The van der Waals surface area contributed by atoms with Crippen LogP contribution in [0.1, 0.15) is 63.0 Å². The number of nitrogens with one attached hydrogen (secondary N) is 2. The van der Waals surface area contributed by atoms with Crippen molar-refractivity contribution in [3.8, 4) is 0 Å². The fraction of sp³-hybridized carbons (Fsp3) is 0.522. The molecule has 4 rings (SSSR count). The molecule has 2 aromatic rings. The molecule has 1 unspecified atom stereocenters. The van der Waals surface area contributed by atoms with Gasteiger partial charge in [0.2, 0.25) is 0 Å². The van der Waals surface area contributed by atoms with Crippen LogP contribution in [0.25, 0.3) is 10.8 Å². The van der Waals surface area contributed by atoms with Gasteiger partial charge in [-0.3, -0.25) is 0 Å². The summed E-state index contributed by atoms with van der Waals surface area (Å²) < 4.78 is 0.0680. The van der Waals surface area contributed by atoms with E-state index in [9.17, 15) is 4.79 Å². The van der Waals surface area contributed by atoms with Gasteiger partial charge in [0.1, 0.15) is 0 Å². The fourth-order valence-electron chi connectivity index (χ4n) is 4.68. The first kappa shape index (κ1) is 20.7. The highest BCUT2D eigenvalue weighted by Crippen LogP contribution is 2.45. The fourth-order valence-corrected chi connectivity index (χ4v) is 5.62. The number of carbonyl (C=O) groups excluding carboxylic acids is 1. The molecule has 150 valence electrons. The SMILES string of the molecule is C[C@@H]1CC(c2ccc(C(C)(I)I)c3ccccc23)C[C@H](NC(=O)NC2CC2)C1. The lowest BCUT2D eigenvalue weighted by Gasteiger charge is -2.35. The number of amides is 2. The highest BCUT2D eigenvalue weighted by molar-refractivity contribution is 14.2. The van der Waals surface area contributed by atoms with Crippen LogP contribution in [0.3, 0.4) is 0 Å². The zero-order valence-electron chi connectivity index (χ0n) is 16.5. The van der Waals surface area contributed by atoms with E-state index in [1.54, 1.807) is 0 Å². The molecule has 0 heterocycles. The lowest BCUT2D eigenvalue weighted by Crippen LogP contribution is -2.45. The van der Waals surface area contributed by atoms with Crippen LogP contribution in [0, 0.1) is 5.92 Å². The molecule has 3 atom stereocenters. The van der Waals surface area contributed by atoms with E-state index in [0.717, 1.165) is 25.7 Å². The number of fused-ring (bicyclic) bond motifs is 1. The molecular formula is C23H28I2N2O. The number of halogens is 2. The van der Waals surface area contributed by atoms with E-state index in [2.05, 4.69) is 106 Å². The molecule has 0 saturated heterocycles. The summed E-state index contributed by atoms with van der Waals surface area (Å²) in [5.41, 5.74) is 2.83. The van der Waals surface area contributed by atoms with Gasteiger partial charge < -0.3 is 10.6 Å². The molecule has 2 aliphatic rings. The third-order valence-corrected chi connectivity index (χ3v) is 7.22. The predicted octanol–water partition coefficient (Wildman–Crippen LogP) is 6.62. The molecule has 2 saturated carbocycles. The van der Waals surface area contributed by atoms with Crippen LogP contribution in [-0.2, 0) is 1.43 Å². The standard InChI is InChI=1S/C23H28I2N2O/c1-14-11-15(13-17(12-14)27-22(28)26-16-7-8-16)18-9-10-21(23(2,24)25)20-6-4-3-5-19(18)20/h3-6,9-10,14-17H,7-8,11-13H2,1-2H3,(H2,26,27,28)/t14-,15?,17-/m1/s1. The van der Waals surface area contributed by atoms with Crippen molar-refractivity contribution in [3.63, 3.8) is 0 Å². The predicted molar refractivity (Wildman–Crippen MR) is 134 cm³/mol. The molecule has 2 amide bonds. The minimum atomic E-state index is 0.0196. The molecule has 2 aliphatic carbocycles. The van der Waals surface area contributed by atoms with Crippen molar-refractivity contribution in [2.24, 2.45) is 5.92 Å². The summed E-state index contributed by atoms with van der Waals surface area (Å²) in [6, 6.07) is 14.2. The Morgan fingerprint density at radius 1 is 0.964 bits per heavy atom. The zero-order chi connectivity index (χ0) is 19.9. The first-order chi connectivity index (χ1) is 13.3. The number of benzene rings is 2. The van der Waals surface area contributed by atoms with Gasteiger partial charge in [0.15, 0.2) is 0 Å². The maximum absolute atomic E-state index is 12.3. The normalized spacial score (nSPS) is 25.5. The smallest absolute Gasteiger partial charge is 0.315 e. The van der Waals surface area contributed by atoms with Crippen molar-refractivity contribution in [1.29, 1.82) is 0 Å². The molecular weight excluding hydrogens is 574 g/mol. The lowest BCUT2D eigenvalue weighted by atomic mass is 9.75. The molecule has 0 radical (unpaired) electrons. The van der Waals surface area contributed by atoms with E-state index in [1.165, 1.54) is 28.3 Å². The minimum Gasteiger partial charge on any atom is -0.335 e. The zero-order valence-corrected chi connectivity index (χ0v) is 20.8.